The van der Waals surface area contributed by atoms with Gasteiger partial charge in [-0.3, -0.25) is 13.9 Å². The van der Waals surface area contributed by atoms with Gasteiger partial charge in [0.1, 0.15) is 0 Å². The van der Waals surface area contributed by atoms with Gasteiger partial charge >= 0.3 is 5.69 Å². The molecule has 10 heteroatoms. The molecule has 0 bridgehead atoms. The smallest absolute Gasteiger partial charge is 0.328 e. The number of benzene rings is 1. The second kappa shape index (κ2) is 7.94. The highest BCUT2D eigenvalue weighted by Crippen LogP contribution is 2.23. The van der Waals surface area contributed by atoms with Gasteiger partial charge in [-0.2, -0.15) is 0 Å². The Hall–Kier alpha value is -3.14. The molecule has 4 rings (SSSR count). The molecule has 4 aromatic rings. The molecule has 0 unspecified atom stereocenters. The normalized spacial score (nSPS) is 11.5. The number of rotatable bonds is 6. The number of nitrogens with zero attached hydrogens (tertiary/aromatic N) is 7. The Morgan fingerprint density at radius 3 is 2.47 bits per heavy atom. The van der Waals surface area contributed by atoms with E-state index in [1.54, 1.807) is 36.8 Å². The maximum atomic E-state index is 12.7. The summed E-state index contributed by atoms with van der Waals surface area (Å²) in [4.78, 5) is 29.4. The third kappa shape index (κ3) is 3.47. The zero-order valence-corrected chi connectivity index (χ0v) is 18.2. The number of aromatic nitrogens is 7. The minimum absolute atomic E-state index is 0.307. The van der Waals surface area contributed by atoms with Crippen LogP contribution < -0.4 is 11.2 Å². The monoisotopic (exact) mass is 425 g/mol. The van der Waals surface area contributed by atoms with Gasteiger partial charge in [0.05, 0.1) is 6.33 Å². The van der Waals surface area contributed by atoms with Gasteiger partial charge in [-0.1, -0.05) is 41.6 Å². The lowest BCUT2D eigenvalue weighted by Crippen LogP contribution is -2.39. The molecule has 0 radical (unpaired) electrons. The Morgan fingerprint density at radius 1 is 1.00 bits per heavy atom. The van der Waals surface area contributed by atoms with E-state index >= 15 is 0 Å². The summed E-state index contributed by atoms with van der Waals surface area (Å²) in [5.41, 5.74) is 2.39. The molecule has 1 aromatic carbocycles. The minimum atomic E-state index is -0.350. The van der Waals surface area contributed by atoms with Crippen molar-refractivity contribution in [2.75, 3.05) is 5.75 Å². The predicted octanol–water partition coefficient (Wildman–Crippen LogP) is 1.72. The molecule has 0 saturated heterocycles. The van der Waals surface area contributed by atoms with Gasteiger partial charge in [-0.15, -0.1) is 10.2 Å². The number of imidazole rings is 1. The first kappa shape index (κ1) is 20.1. The van der Waals surface area contributed by atoms with E-state index in [9.17, 15) is 9.59 Å². The first-order valence-corrected chi connectivity index (χ1v) is 10.6. The SMILES string of the molecule is Cc1ccc(-c2nnc(SCCCn3c(=O)c4c(ncn4C)n(C)c3=O)n2C)cc1. The van der Waals surface area contributed by atoms with Gasteiger partial charge in [-0.05, 0) is 13.3 Å². The number of thioether (sulfide) groups is 1. The molecule has 3 heterocycles. The fourth-order valence-electron chi connectivity index (χ4n) is 3.37. The molecular weight excluding hydrogens is 402 g/mol. The molecule has 0 aliphatic heterocycles. The van der Waals surface area contributed by atoms with Gasteiger partial charge in [0.15, 0.2) is 22.1 Å². The highest BCUT2D eigenvalue weighted by Gasteiger charge is 2.15. The lowest BCUT2D eigenvalue weighted by Gasteiger charge is -2.08. The molecule has 0 atom stereocenters. The molecule has 156 valence electrons. The molecule has 0 aliphatic rings. The van der Waals surface area contributed by atoms with Crippen LogP contribution in [0.3, 0.4) is 0 Å². The molecule has 0 fully saturated rings. The molecular formula is C20H23N7O2S. The van der Waals surface area contributed by atoms with E-state index in [4.69, 9.17) is 0 Å². The molecule has 3 aromatic heterocycles. The van der Waals surface area contributed by atoms with Crippen molar-refractivity contribution in [2.24, 2.45) is 21.1 Å². The first-order valence-electron chi connectivity index (χ1n) is 9.58. The molecule has 0 aliphatic carbocycles. The lowest BCUT2D eigenvalue weighted by atomic mass is 10.1. The van der Waals surface area contributed by atoms with Crippen LogP contribution in [-0.4, -0.2) is 39.2 Å². The van der Waals surface area contributed by atoms with Crippen LogP contribution in [0.2, 0.25) is 0 Å². The Morgan fingerprint density at radius 2 is 1.73 bits per heavy atom. The Balaban J connectivity index is 1.46. The summed E-state index contributed by atoms with van der Waals surface area (Å²) in [6.07, 6.45) is 2.20. The predicted molar refractivity (Wildman–Crippen MR) is 117 cm³/mol. The van der Waals surface area contributed by atoms with Crippen molar-refractivity contribution in [1.29, 1.82) is 0 Å². The van der Waals surface area contributed by atoms with Crippen molar-refractivity contribution in [1.82, 2.24) is 33.4 Å². The van der Waals surface area contributed by atoms with E-state index in [0.717, 1.165) is 16.5 Å². The molecule has 0 saturated carbocycles. The van der Waals surface area contributed by atoms with Gasteiger partial charge in [0.2, 0.25) is 0 Å². The van der Waals surface area contributed by atoms with Crippen LogP contribution in [-0.2, 0) is 27.7 Å². The maximum Gasteiger partial charge on any atom is 0.332 e. The van der Waals surface area contributed by atoms with E-state index in [1.165, 1.54) is 14.7 Å². The fourth-order valence-corrected chi connectivity index (χ4v) is 4.21. The number of aryl methyl sites for hydroxylation is 3. The zero-order valence-electron chi connectivity index (χ0n) is 17.4. The summed E-state index contributed by atoms with van der Waals surface area (Å²) in [7, 11) is 5.32. The first-order chi connectivity index (χ1) is 14.4. The molecule has 0 spiro atoms. The van der Waals surface area contributed by atoms with Crippen LogP contribution in [0.1, 0.15) is 12.0 Å². The van der Waals surface area contributed by atoms with Crippen molar-refractivity contribution in [3.8, 4) is 11.4 Å². The van der Waals surface area contributed by atoms with E-state index in [-0.39, 0.29) is 11.2 Å². The van der Waals surface area contributed by atoms with Crippen molar-refractivity contribution in [2.45, 2.75) is 25.0 Å². The second-order valence-electron chi connectivity index (χ2n) is 7.26. The Labute approximate surface area is 177 Å². The van der Waals surface area contributed by atoms with Gasteiger partial charge in [0.25, 0.3) is 5.56 Å². The summed E-state index contributed by atoms with van der Waals surface area (Å²) in [5, 5.41) is 9.39. The van der Waals surface area contributed by atoms with Crippen molar-refractivity contribution >= 4 is 22.9 Å². The van der Waals surface area contributed by atoms with E-state index in [1.807, 2.05) is 42.8 Å². The number of fused-ring (bicyclic) bond motifs is 1. The summed E-state index contributed by atoms with van der Waals surface area (Å²) in [6, 6.07) is 8.16. The van der Waals surface area contributed by atoms with E-state index in [0.29, 0.717) is 29.9 Å². The highest BCUT2D eigenvalue weighted by molar-refractivity contribution is 7.99. The summed E-state index contributed by atoms with van der Waals surface area (Å²) in [6.45, 7) is 2.38. The zero-order chi connectivity index (χ0) is 21.4. The highest BCUT2D eigenvalue weighted by atomic mass is 32.2. The average molecular weight is 426 g/mol. The van der Waals surface area contributed by atoms with Crippen LogP contribution in [0.15, 0.2) is 45.3 Å². The number of hydrogen-bond donors (Lipinski definition) is 0. The van der Waals surface area contributed by atoms with Crippen LogP contribution in [0.5, 0.6) is 0 Å². The standard InChI is InChI=1S/C20H23N7O2S/c1-13-6-8-14(9-7-13)16-22-23-19(25(16)3)30-11-5-10-27-18(28)15-17(21-12-24(15)2)26(4)20(27)29/h6-9,12H,5,10-11H2,1-4H3. The van der Waals surface area contributed by atoms with E-state index < -0.39 is 0 Å². The average Bonchev–Trinajstić information content (AvgIpc) is 3.29. The Kier molecular flexibility index (Phi) is 5.33. The lowest BCUT2D eigenvalue weighted by molar-refractivity contribution is 0.594. The quantitative estimate of drug-likeness (QED) is 0.345. The maximum absolute atomic E-state index is 12.7. The largest absolute Gasteiger partial charge is 0.332 e. The van der Waals surface area contributed by atoms with Crippen molar-refractivity contribution in [3.63, 3.8) is 0 Å². The third-order valence-electron chi connectivity index (χ3n) is 5.10. The minimum Gasteiger partial charge on any atom is -0.328 e. The van der Waals surface area contributed by atoms with Crippen LogP contribution in [0.4, 0.5) is 0 Å². The second-order valence-corrected chi connectivity index (χ2v) is 8.32. The van der Waals surface area contributed by atoms with Crippen LogP contribution in [0.25, 0.3) is 22.6 Å². The molecule has 9 nitrogen and oxygen atoms in total. The summed E-state index contributed by atoms with van der Waals surface area (Å²) >= 11 is 1.56. The van der Waals surface area contributed by atoms with Crippen LogP contribution in [0, 0.1) is 6.92 Å². The van der Waals surface area contributed by atoms with Crippen molar-refractivity contribution in [3.05, 3.63) is 57.0 Å². The van der Waals surface area contributed by atoms with Crippen molar-refractivity contribution < 1.29 is 0 Å². The van der Waals surface area contributed by atoms with E-state index in [2.05, 4.69) is 15.2 Å². The Bertz CT molecular complexity index is 1330. The topological polar surface area (TPSA) is 92.5 Å². The third-order valence-corrected chi connectivity index (χ3v) is 6.21. The van der Waals surface area contributed by atoms with Gasteiger partial charge in [0, 0.05) is 39.0 Å². The molecule has 0 amide bonds. The fraction of sp³-hybridized carbons (Fsp3) is 0.350. The summed E-state index contributed by atoms with van der Waals surface area (Å²) < 4.78 is 6.30. The van der Waals surface area contributed by atoms with Gasteiger partial charge < -0.3 is 9.13 Å². The van der Waals surface area contributed by atoms with Gasteiger partial charge in [-0.25, -0.2) is 9.78 Å². The molecule has 30 heavy (non-hydrogen) atoms. The van der Waals surface area contributed by atoms with Crippen LogP contribution >= 0.6 is 11.8 Å². The summed E-state index contributed by atoms with van der Waals surface area (Å²) in [5.74, 6) is 1.52. The molecule has 0 N–H and O–H groups in total. The number of hydrogen-bond acceptors (Lipinski definition) is 6.